The van der Waals surface area contributed by atoms with Crippen molar-refractivity contribution in [2.45, 2.75) is 12.8 Å². The molecule has 1 heterocycles. The summed E-state index contributed by atoms with van der Waals surface area (Å²) in [6.07, 6.45) is 0. The van der Waals surface area contributed by atoms with Gasteiger partial charge < -0.3 is 15.0 Å². The maximum atomic E-state index is 14.4. The Morgan fingerprint density at radius 1 is 1.33 bits per heavy atom. The number of alkyl halides is 2. The van der Waals surface area contributed by atoms with E-state index in [1.54, 1.807) is 13.0 Å². The molecule has 1 amide bonds. The molecule has 118 valence electrons. The van der Waals surface area contributed by atoms with Crippen molar-refractivity contribution in [1.29, 1.82) is 0 Å². The van der Waals surface area contributed by atoms with Crippen molar-refractivity contribution in [3.63, 3.8) is 0 Å². The molecular weight excluding hydrogens is 302 g/mol. The molecule has 0 spiro atoms. The summed E-state index contributed by atoms with van der Waals surface area (Å²) in [5.74, 6) is -4.67. The maximum absolute atomic E-state index is 14.4. The molecule has 0 bridgehead atoms. The molecule has 0 aliphatic carbocycles. The average Bonchev–Trinajstić information content (AvgIpc) is 2.48. The number of carbonyl (C=O) groups excluding carboxylic acids is 1. The van der Waals surface area contributed by atoms with E-state index in [-0.39, 0.29) is 30.3 Å². The number of nitrogens with one attached hydrogen (secondary N) is 1. The third kappa shape index (κ3) is 3.83. The smallest absolute Gasteiger partial charge is 0.353 e. The first-order chi connectivity index (χ1) is 9.57. The second-order valence-corrected chi connectivity index (χ2v) is 4.55. The summed E-state index contributed by atoms with van der Waals surface area (Å²) in [6, 6.07) is 5.79. The van der Waals surface area contributed by atoms with Gasteiger partial charge in [-0.05, 0) is 19.1 Å². The van der Waals surface area contributed by atoms with Crippen molar-refractivity contribution < 1.29 is 18.3 Å². The summed E-state index contributed by atoms with van der Waals surface area (Å²) < 4.78 is 34.1. The Labute approximate surface area is 128 Å². The number of rotatable bonds is 4. The van der Waals surface area contributed by atoms with Crippen LogP contribution in [0.15, 0.2) is 24.3 Å². The van der Waals surface area contributed by atoms with Crippen LogP contribution in [0.5, 0.6) is 5.75 Å². The highest BCUT2D eigenvalue weighted by molar-refractivity contribution is 5.86. The van der Waals surface area contributed by atoms with Crippen LogP contribution in [0.1, 0.15) is 12.5 Å². The summed E-state index contributed by atoms with van der Waals surface area (Å²) in [5.41, 5.74) is -0.370. The number of benzene rings is 1. The van der Waals surface area contributed by atoms with E-state index < -0.39 is 11.8 Å². The van der Waals surface area contributed by atoms with E-state index in [1.165, 1.54) is 23.1 Å². The Bertz CT molecular complexity index is 480. The van der Waals surface area contributed by atoms with Crippen LogP contribution in [0.4, 0.5) is 8.78 Å². The van der Waals surface area contributed by atoms with Crippen LogP contribution >= 0.6 is 12.4 Å². The van der Waals surface area contributed by atoms with Gasteiger partial charge in [0.05, 0.1) is 12.2 Å². The molecule has 1 aromatic carbocycles. The Morgan fingerprint density at radius 2 is 1.95 bits per heavy atom. The zero-order valence-corrected chi connectivity index (χ0v) is 12.6. The van der Waals surface area contributed by atoms with Gasteiger partial charge in [-0.25, -0.2) is 0 Å². The highest BCUT2D eigenvalue weighted by atomic mass is 35.5. The summed E-state index contributed by atoms with van der Waals surface area (Å²) >= 11 is 0. The first kappa shape index (κ1) is 17.7. The lowest BCUT2D eigenvalue weighted by Gasteiger charge is -2.31. The van der Waals surface area contributed by atoms with Gasteiger partial charge in [0.2, 0.25) is 0 Å². The predicted octanol–water partition coefficient (Wildman–Crippen LogP) is 2.03. The van der Waals surface area contributed by atoms with E-state index in [0.717, 1.165) is 0 Å². The number of halogens is 3. The molecule has 1 aromatic rings. The molecule has 0 aromatic heterocycles. The number of amides is 1. The van der Waals surface area contributed by atoms with Gasteiger partial charge in [0.15, 0.2) is 0 Å². The molecule has 0 unspecified atom stereocenters. The Kier molecular flexibility index (Phi) is 6.36. The van der Waals surface area contributed by atoms with Gasteiger partial charge in [-0.2, -0.15) is 8.78 Å². The quantitative estimate of drug-likeness (QED) is 0.923. The number of ether oxygens (including phenoxy) is 1. The van der Waals surface area contributed by atoms with E-state index in [4.69, 9.17) is 4.74 Å². The number of para-hydroxylation sites is 1. The Morgan fingerprint density at radius 3 is 2.57 bits per heavy atom. The van der Waals surface area contributed by atoms with E-state index in [0.29, 0.717) is 26.2 Å². The average molecular weight is 321 g/mol. The minimum absolute atomic E-state index is 0. The fourth-order valence-corrected chi connectivity index (χ4v) is 2.19. The van der Waals surface area contributed by atoms with Crippen molar-refractivity contribution in [2.75, 3.05) is 32.8 Å². The van der Waals surface area contributed by atoms with Gasteiger partial charge in [0.25, 0.3) is 5.91 Å². The summed E-state index contributed by atoms with van der Waals surface area (Å²) in [5, 5.41) is 3.03. The van der Waals surface area contributed by atoms with Crippen molar-refractivity contribution >= 4 is 18.3 Å². The van der Waals surface area contributed by atoms with Crippen LogP contribution in [0.25, 0.3) is 0 Å². The molecule has 0 atom stereocenters. The third-order valence-corrected chi connectivity index (χ3v) is 3.20. The first-order valence-corrected chi connectivity index (χ1v) is 6.67. The zero-order chi connectivity index (χ0) is 14.6. The van der Waals surface area contributed by atoms with Crippen molar-refractivity contribution in [2.24, 2.45) is 0 Å². The molecule has 1 aliphatic heterocycles. The van der Waals surface area contributed by atoms with Crippen LogP contribution in [0.2, 0.25) is 0 Å². The minimum Gasteiger partial charge on any atom is -0.493 e. The van der Waals surface area contributed by atoms with Crippen LogP contribution in [-0.4, -0.2) is 43.6 Å². The maximum Gasteiger partial charge on any atom is 0.353 e. The van der Waals surface area contributed by atoms with Crippen LogP contribution < -0.4 is 10.1 Å². The highest BCUT2D eigenvalue weighted by Gasteiger charge is 2.46. The molecule has 0 saturated carbocycles. The van der Waals surface area contributed by atoms with E-state index >= 15 is 0 Å². The lowest BCUT2D eigenvalue weighted by Crippen LogP contribution is -2.51. The van der Waals surface area contributed by atoms with Crippen molar-refractivity contribution in [1.82, 2.24) is 10.2 Å². The first-order valence-electron chi connectivity index (χ1n) is 6.67. The number of piperazine rings is 1. The Balaban J connectivity index is 0.00000220. The number of hydrogen-bond acceptors (Lipinski definition) is 3. The molecule has 1 aliphatic rings. The van der Waals surface area contributed by atoms with Gasteiger partial charge in [0, 0.05) is 26.2 Å². The van der Waals surface area contributed by atoms with E-state index in [1.807, 2.05) is 0 Å². The number of carbonyl (C=O) groups is 1. The van der Waals surface area contributed by atoms with Crippen LogP contribution in [0, 0.1) is 0 Å². The molecule has 0 radical (unpaired) electrons. The second kappa shape index (κ2) is 7.56. The fraction of sp³-hybridized carbons (Fsp3) is 0.500. The third-order valence-electron chi connectivity index (χ3n) is 3.20. The SMILES string of the molecule is CCOc1ccccc1C(F)(F)C(=O)N1CCNCC1.Cl. The summed E-state index contributed by atoms with van der Waals surface area (Å²) in [6.45, 7) is 3.66. The number of nitrogens with zero attached hydrogens (tertiary/aromatic N) is 1. The van der Waals surface area contributed by atoms with Gasteiger partial charge in [0.1, 0.15) is 5.75 Å². The molecule has 4 nitrogen and oxygen atoms in total. The molecular formula is C14H19ClF2N2O2. The normalized spacial score (nSPS) is 15.3. The molecule has 21 heavy (non-hydrogen) atoms. The highest BCUT2D eigenvalue weighted by Crippen LogP contribution is 2.36. The van der Waals surface area contributed by atoms with Gasteiger partial charge >= 0.3 is 5.92 Å². The summed E-state index contributed by atoms with van der Waals surface area (Å²) in [4.78, 5) is 13.3. The number of hydrogen-bond donors (Lipinski definition) is 1. The molecule has 1 saturated heterocycles. The molecule has 1 N–H and O–H groups in total. The summed E-state index contributed by atoms with van der Waals surface area (Å²) in [7, 11) is 0. The monoisotopic (exact) mass is 320 g/mol. The van der Waals surface area contributed by atoms with Crippen molar-refractivity contribution in [3.8, 4) is 5.75 Å². The van der Waals surface area contributed by atoms with E-state index in [9.17, 15) is 13.6 Å². The largest absolute Gasteiger partial charge is 0.493 e. The van der Waals surface area contributed by atoms with Gasteiger partial charge in [-0.3, -0.25) is 4.79 Å². The molecule has 7 heteroatoms. The minimum atomic E-state index is -3.57. The van der Waals surface area contributed by atoms with Gasteiger partial charge in [-0.1, -0.05) is 12.1 Å². The fourth-order valence-electron chi connectivity index (χ4n) is 2.19. The second-order valence-electron chi connectivity index (χ2n) is 4.55. The topological polar surface area (TPSA) is 41.6 Å². The molecule has 2 rings (SSSR count). The van der Waals surface area contributed by atoms with E-state index in [2.05, 4.69) is 5.32 Å². The van der Waals surface area contributed by atoms with Gasteiger partial charge in [-0.15, -0.1) is 12.4 Å². The predicted molar refractivity (Wildman–Crippen MR) is 78.2 cm³/mol. The van der Waals surface area contributed by atoms with Crippen LogP contribution in [-0.2, 0) is 10.7 Å². The zero-order valence-electron chi connectivity index (χ0n) is 11.8. The lowest BCUT2D eigenvalue weighted by atomic mass is 10.1. The standard InChI is InChI=1S/C14H18F2N2O2.ClH/c1-2-20-12-6-4-3-5-11(12)14(15,16)13(19)18-9-7-17-8-10-18;/h3-6,17H,2,7-10H2,1H3;1H. The Hall–Kier alpha value is -1.40. The lowest BCUT2D eigenvalue weighted by molar-refractivity contribution is -0.159. The van der Waals surface area contributed by atoms with Crippen LogP contribution in [0.3, 0.4) is 0 Å². The molecule has 1 fully saturated rings. The van der Waals surface area contributed by atoms with Crippen molar-refractivity contribution in [3.05, 3.63) is 29.8 Å².